The van der Waals surface area contributed by atoms with Crippen molar-refractivity contribution in [3.63, 3.8) is 0 Å². The second-order valence-corrected chi connectivity index (χ2v) is 9.33. The van der Waals surface area contributed by atoms with Crippen molar-refractivity contribution in [2.24, 2.45) is 0 Å². The number of aromatic amines is 1. The van der Waals surface area contributed by atoms with Crippen LogP contribution in [0.3, 0.4) is 0 Å². The number of ether oxygens (including phenoxy) is 1. The fourth-order valence-electron chi connectivity index (χ4n) is 4.66. The number of rotatable bonds is 4. The Morgan fingerprint density at radius 1 is 1.11 bits per heavy atom. The number of phenolic OH excluding ortho intramolecular Hbond substituents is 1. The van der Waals surface area contributed by atoms with E-state index in [0.717, 1.165) is 11.6 Å². The van der Waals surface area contributed by atoms with Crippen molar-refractivity contribution in [1.82, 2.24) is 15.0 Å². The molecular formula is C25H18ClF3N4O3. The molecule has 0 saturated heterocycles. The van der Waals surface area contributed by atoms with Gasteiger partial charge in [-0.25, -0.2) is 9.97 Å². The lowest BCUT2D eigenvalue weighted by Gasteiger charge is -2.19. The quantitative estimate of drug-likeness (QED) is 0.297. The van der Waals surface area contributed by atoms with Crippen LogP contribution in [-0.2, 0) is 17.4 Å². The summed E-state index contributed by atoms with van der Waals surface area (Å²) >= 11 is 5.83. The van der Waals surface area contributed by atoms with E-state index < -0.39 is 16.8 Å². The molecule has 1 aliphatic carbocycles. The van der Waals surface area contributed by atoms with Crippen LogP contribution in [0.5, 0.6) is 17.2 Å². The zero-order valence-corrected chi connectivity index (χ0v) is 19.2. The van der Waals surface area contributed by atoms with Crippen LogP contribution in [0.2, 0.25) is 5.02 Å². The molecule has 3 heterocycles. The summed E-state index contributed by atoms with van der Waals surface area (Å²) in [5, 5.41) is 12.8. The molecule has 6 rings (SSSR count). The molecule has 1 amide bonds. The van der Waals surface area contributed by atoms with Gasteiger partial charge in [0.1, 0.15) is 28.9 Å². The fourth-order valence-corrected chi connectivity index (χ4v) is 4.92. The summed E-state index contributed by atoms with van der Waals surface area (Å²) in [6.07, 6.45) is -1.51. The number of aromatic hydroxyl groups is 1. The molecule has 2 aromatic heterocycles. The predicted octanol–water partition coefficient (Wildman–Crippen LogP) is 6.28. The largest absolute Gasteiger partial charge is 0.508 e. The minimum atomic E-state index is -4.56. The number of anilines is 1. The first-order valence-corrected chi connectivity index (χ1v) is 11.6. The highest BCUT2D eigenvalue weighted by molar-refractivity contribution is 6.32. The monoisotopic (exact) mass is 514 g/mol. The SMILES string of the molecule is O=C1CCc2c(Oc3ccc(O)c([C@H]4CC4c4nc5cc(Cl)c(C(F)(F)F)cc5[nH]4)c3)ccnc2N1. The molecule has 3 N–H and O–H groups in total. The zero-order valence-electron chi connectivity index (χ0n) is 18.5. The van der Waals surface area contributed by atoms with Gasteiger partial charge in [-0.05, 0) is 55.2 Å². The van der Waals surface area contributed by atoms with Gasteiger partial charge in [0.25, 0.3) is 0 Å². The molecule has 1 unspecified atom stereocenters. The van der Waals surface area contributed by atoms with E-state index in [1.165, 1.54) is 6.07 Å². The molecule has 11 heteroatoms. The minimum absolute atomic E-state index is 0.0858. The Kier molecular flexibility index (Phi) is 5.11. The van der Waals surface area contributed by atoms with Crippen LogP contribution in [0.1, 0.15) is 47.2 Å². The van der Waals surface area contributed by atoms with E-state index >= 15 is 0 Å². The van der Waals surface area contributed by atoms with Crippen molar-refractivity contribution >= 4 is 34.4 Å². The molecular weight excluding hydrogens is 497 g/mol. The lowest BCUT2D eigenvalue weighted by atomic mass is 10.1. The minimum Gasteiger partial charge on any atom is -0.508 e. The lowest BCUT2D eigenvalue weighted by Crippen LogP contribution is -2.20. The Morgan fingerprint density at radius 2 is 1.94 bits per heavy atom. The highest BCUT2D eigenvalue weighted by Gasteiger charge is 2.43. The van der Waals surface area contributed by atoms with E-state index in [0.29, 0.717) is 53.5 Å². The second kappa shape index (κ2) is 8.12. The van der Waals surface area contributed by atoms with Gasteiger partial charge in [0, 0.05) is 29.7 Å². The number of nitrogens with zero attached hydrogens (tertiary/aromatic N) is 2. The second-order valence-electron chi connectivity index (χ2n) is 8.92. The van der Waals surface area contributed by atoms with Gasteiger partial charge in [0.2, 0.25) is 5.91 Å². The number of aromatic nitrogens is 3. The molecule has 0 spiro atoms. The van der Waals surface area contributed by atoms with Gasteiger partial charge in [-0.1, -0.05) is 11.6 Å². The third-order valence-electron chi connectivity index (χ3n) is 6.54. The van der Waals surface area contributed by atoms with E-state index in [-0.39, 0.29) is 29.0 Å². The number of H-pyrrole nitrogens is 1. The number of pyridine rings is 1. The van der Waals surface area contributed by atoms with Crippen LogP contribution in [0.25, 0.3) is 11.0 Å². The van der Waals surface area contributed by atoms with Gasteiger partial charge in [0.05, 0.1) is 21.6 Å². The summed E-state index contributed by atoms with van der Waals surface area (Å²) in [4.78, 5) is 23.3. The molecule has 1 aliphatic heterocycles. The highest BCUT2D eigenvalue weighted by Crippen LogP contribution is 2.56. The molecule has 7 nitrogen and oxygen atoms in total. The first-order chi connectivity index (χ1) is 17.2. The fraction of sp³-hybridized carbons (Fsp3) is 0.240. The third-order valence-corrected chi connectivity index (χ3v) is 6.85. The number of hydrogen-bond acceptors (Lipinski definition) is 5. The molecule has 2 atom stereocenters. The molecule has 4 aromatic rings. The van der Waals surface area contributed by atoms with Crippen LogP contribution >= 0.6 is 11.6 Å². The summed E-state index contributed by atoms with van der Waals surface area (Å²) in [5.74, 6) is 1.90. The number of halogens is 4. The van der Waals surface area contributed by atoms with Gasteiger partial charge < -0.3 is 20.1 Å². The molecule has 184 valence electrons. The molecule has 36 heavy (non-hydrogen) atoms. The standard InChI is InChI=1S/C25H18ClF3N4O3/c26-17-10-19-18(9-16(17)25(27,28)29)31-24(32-19)15-8-13(15)14-7-11(1-3-20(14)34)36-21-5-6-30-23-12(21)2-4-22(35)33-23/h1,3,5-7,9-10,13,15,34H,2,4,8H2,(H,31,32)(H,30,33,35)/t13-,15?/m1/s1. The summed E-state index contributed by atoms with van der Waals surface area (Å²) in [5.41, 5.74) is 1.14. The summed E-state index contributed by atoms with van der Waals surface area (Å²) < 4.78 is 45.7. The first kappa shape index (κ1) is 22.7. The molecule has 1 saturated carbocycles. The van der Waals surface area contributed by atoms with Crippen LogP contribution in [0.4, 0.5) is 19.0 Å². The molecule has 2 aliphatic rings. The number of amides is 1. The van der Waals surface area contributed by atoms with Gasteiger partial charge >= 0.3 is 6.18 Å². The maximum absolute atomic E-state index is 13.2. The van der Waals surface area contributed by atoms with Gasteiger partial charge in [-0.3, -0.25) is 4.79 Å². The Hall–Kier alpha value is -3.79. The number of benzene rings is 2. The van der Waals surface area contributed by atoms with E-state index in [4.69, 9.17) is 16.3 Å². The Balaban J connectivity index is 1.26. The zero-order chi connectivity index (χ0) is 25.2. The number of imidazole rings is 1. The van der Waals surface area contributed by atoms with Crippen LogP contribution < -0.4 is 10.1 Å². The number of nitrogens with one attached hydrogen (secondary N) is 2. The van der Waals surface area contributed by atoms with E-state index in [9.17, 15) is 23.1 Å². The van der Waals surface area contributed by atoms with Crippen molar-refractivity contribution in [3.05, 3.63) is 70.1 Å². The van der Waals surface area contributed by atoms with Crippen molar-refractivity contribution < 1.29 is 27.8 Å². The van der Waals surface area contributed by atoms with Gasteiger partial charge in [-0.15, -0.1) is 0 Å². The number of fused-ring (bicyclic) bond motifs is 2. The topological polar surface area (TPSA) is 100 Å². The Labute approximate surface area is 207 Å². The normalized spacial score (nSPS) is 19.2. The Bertz CT molecular complexity index is 1540. The first-order valence-electron chi connectivity index (χ1n) is 11.2. The maximum atomic E-state index is 13.2. The molecule has 0 radical (unpaired) electrons. The smallest absolute Gasteiger partial charge is 0.417 e. The molecule has 0 bridgehead atoms. The van der Waals surface area contributed by atoms with Crippen molar-refractivity contribution in [1.29, 1.82) is 0 Å². The lowest BCUT2D eigenvalue weighted by molar-refractivity contribution is -0.137. The number of alkyl halides is 3. The number of phenols is 1. The average Bonchev–Trinajstić information content (AvgIpc) is 3.51. The maximum Gasteiger partial charge on any atom is 0.417 e. The van der Waals surface area contributed by atoms with E-state index in [1.807, 2.05) is 0 Å². The summed E-state index contributed by atoms with van der Waals surface area (Å²) in [6.45, 7) is 0. The van der Waals surface area contributed by atoms with Crippen LogP contribution in [0.15, 0.2) is 42.6 Å². The van der Waals surface area contributed by atoms with E-state index in [2.05, 4.69) is 20.3 Å². The van der Waals surface area contributed by atoms with Crippen molar-refractivity contribution in [2.45, 2.75) is 37.3 Å². The van der Waals surface area contributed by atoms with Crippen LogP contribution in [0, 0.1) is 0 Å². The van der Waals surface area contributed by atoms with Crippen molar-refractivity contribution in [2.75, 3.05) is 5.32 Å². The summed E-state index contributed by atoms with van der Waals surface area (Å²) in [7, 11) is 0. The number of carbonyl (C=O) groups is 1. The average molecular weight is 515 g/mol. The summed E-state index contributed by atoms with van der Waals surface area (Å²) in [6, 6.07) is 8.83. The number of hydrogen-bond donors (Lipinski definition) is 3. The molecule has 2 aromatic carbocycles. The van der Waals surface area contributed by atoms with Crippen molar-refractivity contribution in [3.8, 4) is 17.2 Å². The predicted molar refractivity (Wildman–Crippen MR) is 126 cm³/mol. The third kappa shape index (κ3) is 4.01. The Morgan fingerprint density at radius 3 is 2.75 bits per heavy atom. The number of carbonyl (C=O) groups excluding carboxylic acids is 1. The van der Waals surface area contributed by atoms with Gasteiger partial charge in [0.15, 0.2) is 0 Å². The highest BCUT2D eigenvalue weighted by atomic mass is 35.5. The van der Waals surface area contributed by atoms with E-state index in [1.54, 1.807) is 30.5 Å². The molecule has 1 fully saturated rings. The van der Waals surface area contributed by atoms with Crippen LogP contribution in [-0.4, -0.2) is 26.0 Å². The van der Waals surface area contributed by atoms with Gasteiger partial charge in [-0.2, -0.15) is 13.2 Å².